The van der Waals surface area contributed by atoms with Gasteiger partial charge in [-0.25, -0.2) is 0 Å². The Bertz CT molecular complexity index is 368. The van der Waals surface area contributed by atoms with Crippen LogP contribution >= 0.6 is 0 Å². The van der Waals surface area contributed by atoms with Crippen LogP contribution in [0.4, 0.5) is 0 Å². The Labute approximate surface area is 95.5 Å². The van der Waals surface area contributed by atoms with Crippen LogP contribution in [0.15, 0.2) is 24.3 Å². The molecule has 0 aliphatic rings. The fourth-order valence-corrected chi connectivity index (χ4v) is 1.47. The van der Waals surface area contributed by atoms with Gasteiger partial charge in [-0.2, -0.15) is 0 Å². The summed E-state index contributed by atoms with van der Waals surface area (Å²) in [5.74, 6) is 0.342. The molecule has 1 aromatic carbocycles. The lowest BCUT2D eigenvalue weighted by Crippen LogP contribution is -2.41. The van der Waals surface area contributed by atoms with E-state index in [1.54, 1.807) is 45.5 Å². The van der Waals surface area contributed by atoms with Crippen molar-refractivity contribution in [2.75, 3.05) is 21.2 Å². The quantitative estimate of drug-likeness (QED) is 0.831. The summed E-state index contributed by atoms with van der Waals surface area (Å²) >= 11 is 0. The summed E-state index contributed by atoms with van der Waals surface area (Å²) < 4.78 is 5.01. The monoisotopic (exact) mass is 223 g/mol. The number of methoxy groups -OCH3 is 1. The van der Waals surface area contributed by atoms with Crippen molar-refractivity contribution < 1.29 is 14.6 Å². The molecule has 0 saturated carbocycles. The third-order valence-electron chi connectivity index (χ3n) is 2.47. The summed E-state index contributed by atoms with van der Waals surface area (Å²) in [5, 5.41) is 10.2. The predicted molar refractivity (Wildman–Crippen MR) is 61.3 cm³/mol. The highest BCUT2D eigenvalue weighted by Gasteiger charge is 2.33. The molecule has 1 amide bonds. The SMILES string of the molecule is COc1ccc(C(C)(O)C(=O)N(C)C)cc1. The fourth-order valence-electron chi connectivity index (χ4n) is 1.47. The standard InChI is InChI=1S/C12H17NO3/c1-12(15,11(14)13(2)3)9-5-7-10(16-4)8-6-9/h5-8,15H,1-4H3. The molecule has 0 aromatic heterocycles. The van der Waals surface area contributed by atoms with Gasteiger partial charge in [0.1, 0.15) is 5.75 Å². The van der Waals surface area contributed by atoms with E-state index in [9.17, 15) is 9.90 Å². The van der Waals surface area contributed by atoms with Gasteiger partial charge in [-0.15, -0.1) is 0 Å². The molecule has 0 aliphatic heterocycles. The van der Waals surface area contributed by atoms with Crippen molar-refractivity contribution in [3.63, 3.8) is 0 Å². The summed E-state index contributed by atoms with van der Waals surface area (Å²) in [6.07, 6.45) is 0. The zero-order chi connectivity index (χ0) is 12.3. The Morgan fingerprint density at radius 2 is 1.81 bits per heavy atom. The van der Waals surface area contributed by atoms with Crippen LogP contribution in [-0.4, -0.2) is 37.1 Å². The van der Waals surface area contributed by atoms with Crippen LogP contribution in [0.5, 0.6) is 5.75 Å². The lowest BCUT2D eigenvalue weighted by molar-refractivity contribution is -0.147. The number of carbonyl (C=O) groups excluding carboxylic acids is 1. The van der Waals surface area contributed by atoms with Gasteiger partial charge in [-0.05, 0) is 24.6 Å². The van der Waals surface area contributed by atoms with Gasteiger partial charge in [0.05, 0.1) is 7.11 Å². The van der Waals surface area contributed by atoms with Crippen LogP contribution < -0.4 is 4.74 Å². The molecular formula is C12H17NO3. The number of amides is 1. The van der Waals surface area contributed by atoms with E-state index in [2.05, 4.69) is 0 Å². The van der Waals surface area contributed by atoms with Crippen molar-refractivity contribution in [2.45, 2.75) is 12.5 Å². The average molecular weight is 223 g/mol. The first kappa shape index (κ1) is 12.5. The minimum Gasteiger partial charge on any atom is -0.497 e. The van der Waals surface area contributed by atoms with Gasteiger partial charge in [0.2, 0.25) is 0 Å². The molecule has 4 nitrogen and oxygen atoms in total. The van der Waals surface area contributed by atoms with Gasteiger partial charge in [0.15, 0.2) is 5.60 Å². The number of benzene rings is 1. The van der Waals surface area contributed by atoms with Crippen molar-refractivity contribution >= 4 is 5.91 Å². The molecule has 1 unspecified atom stereocenters. The Hall–Kier alpha value is -1.55. The zero-order valence-electron chi connectivity index (χ0n) is 10.0. The van der Waals surface area contributed by atoms with E-state index >= 15 is 0 Å². The second-order valence-electron chi connectivity index (χ2n) is 4.00. The highest BCUT2D eigenvalue weighted by Crippen LogP contribution is 2.24. The van der Waals surface area contributed by atoms with E-state index in [1.807, 2.05) is 0 Å². The Kier molecular flexibility index (Phi) is 3.55. The molecule has 4 heteroatoms. The van der Waals surface area contributed by atoms with Crippen LogP contribution in [0, 0.1) is 0 Å². The van der Waals surface area contributed by atoms with Gasteiger partial charge in [-0.1, -0.05) is 12.1 Å². The van der Waals surface area contributed by atoms with Crippen molar-refractivity contribution in [1.29, 1.82) is 0 Å². The number of hydrogen-bond donors (Lipinski definition) is 1. The highest BCUT2D eigenvalue weighted by atomic mass is 16.5. The number of nitrogens with zero attached hydrogens (tertiary/aromatic N) is 1. The summed E-state index contributed by atoms with van der Waals surface area (Å²) in [6, 6.07) is 6.79. The van der Waals surface area contributed by atoms with Crippen molar-refractivity contribution in [3.05, 3.63) is 29.8 Å². The maximum absolute atomic E-state index is 11.8. The molecule has 0 spiro atoms. The summed E-state index contributed by atoms with van der Waals surface area (Å²) in [7, 11) is 4.79. The smallest absolute Gasteiger partial charge is 0.258 e. The molecule has 1 N–H and O–H groups in total. The lowest BCUT2D eigenvalue weighted by Gasteiger charge is -2.26. The lowest BCUT2D eigenvalue weighted by atomic mass is 9.94. The number of carbonyl (C=O) groups is 1. The maximum Gasteiger partial charge on any atom is 0.258 e. The van der Waals surface area contributed by atoms with Crippen molar-refractivity contribution in [3.8, 4) is 5.75 Å². The minimum absolute atomic E-state index is 0.349. The predicted octanol–water partition coefficient (Wildman–Crippen LogP) is 0.991. The minimum atomic E-state index is -1.50. The summed E-state index contributed by atoms with van der Waals surface area (Å²) in [4.78, 5) is 13.1. The molecule has 1 aromatic rings. The molecule has 88 valence electrons. The van der Waals surface area contributed by atoms with Crippen LogP contribution in [0.3, 0.4) is 0 Å². The number of aliphatic hydroxyl groups is 1. The number of rotatable bonds is 3. The number of likely N-dealkylation sites (N-methyl/N-ethyl adjacent to an activating group) is 1. The van der Waals surface area contributed by atoms with Crippen molar-refractivity contribution in [1.82, 2.24) is 4.90 Å². The molecule has 0 aliphatic carbocycles. The van der Waals surface area contributed by atoms with E-state index in [0.717, 1.165) is 0 Å². The summed E-state index contributed by atoms with van der Waals surface area (Å²) in [5.41, 5.74) is -0.956. The van der Waals surface area contributed by atoms with Crippen LogP contribution in [-0.2, 0) is 10.4 Å². The second kappa shape index (κ2) is 4.53. The van der Waals surface area contributed by atoms with E-state index < -0.39 is 5.60 Å². The van der Waals surface area contributed by atoms with Gasteiger partial charge >= 0.3 is 0 Å². The Morgan fingerprint density at radius 1 is 1.31 bits per heavy atom. The van der Waals surface area contributed by atoms with Gasteiger partial charge in [0, 0.05) is 14.1 Å². The molecule has 1 rings (SSSR count). The first-order valence-corrected chi connectivity index (χ1v) is 4.98. The second-order valence-corrected chi connectivity index (χ2v) is 4.00. The number of ether oxygens (including phenoxy) is 1. The largest absolute Gasteiger partial charge is 0.497 e. The summed E-state index contributed by atoms with van der Waals surface area (Å²) in [6.45, 7) is 1.48. The molecule has 16 heavy (non-hydrogen) atoms. The number of hydrogen-bond acceptors (Lipinski definition) is 3. The van der Waals surface area contributed by atoms with Crippen LogP contribution in [0.25, 0.3) is 0 Å². The van der Waals surface area contributed by atoms with E-state index in [0.29, 0.717) is 11.3 Å². The highest BCUT2D eigenvalue weighted by molar-refractivity contribution is 5.85. The fraction of sp³-hybridized carbons (Fsp3) is 0.417. The van der Waals surface area contributed by atoms with Gasteiger partial charge in [0.25, 0.3) is 5.91 Å². The molecule has 1 atom stereocenters. The van der Waals surface area contributed by atoms with Crippen LogP contribution in [0.2, 0.25) is 0 Å². The van der Waals surface area contributed by atoms with E-state index in [4.69, 9.17) is 4.74 Å². The third-order valence-corrected chi connectivity index (χ3v) is 2.47. The molecule has 0 fully saturated rings. The first-order valence-electron chi connectivity index (χ1n) is 4.98. The Balaban J connectivity index is 3.02. The molecule has 0 bridgehead atoms. The van der Waals surface area contributed by atoms with Gasteiger partial charge < -0.3 is 14.7 Å². The molecule has 0 radical (unpaired) electrons. The molecule has 0 saturated heterocycles. The molecular weight excluding hydrogens is 206 g/mol. The topological polar surface area (TPSA) is 49.8 Å². The zero-order valence-corrected chi connectivity index (χ0v) is 10.0. The van der Waals surface area contributed by atoms with Crippen molar-refractivity contribution in [2.24, 2.45) is 0 Å². The normalized spacial score (nSPS) is 14.1. The Morgan fingerprint density at radius 3 is 2.19 bits per heavy atom. The third kappa shape index (κ3) is 2.33. The molecule has 0 heterocycles. The first-order chi connectivity index (χ1) is 7.39. The maximum atomic E-state index is 11.8. The van der Waals surface area contributed by atoms with Crippen LogP contribution in [0.1, 0.15) is 12.5 Å². The van der Waals surface area contributed by atoms with E-state index in [-0.39, 0.29) is 5.91 Å². The average Bonchev–Trinajstić information content (AvgIpc) is 2.28. The van der Waals surface area contributed by atoms with Gasteiger partial charge in [-0.3, -0.25) is 4.79 Å². The van der Waals surface area contributed by atoms with E-state index in [1.165, 1.54) is 11.8 Å².